The van der Waals surface area contributed by atoms with Crippen molar-refractivity contribution in [2.24, 2.45) is 5.92 Å². The maximum atomic E-state index is 12.0. The summed E-state index contributed by atoms with van der Waals surface area (Å²) in [6.45, 7) is 5.46. The predicted octanol–water partition coefficient (Wildman–Crippen LogP) is 1.57. The molecular weight excluding hydrogens is 256 g/mol. The predicted molar refractivity (Wildman–Crippen MR) is 78.3 cm³/mol. The zero-order chi connectivity index (χ0) is 15.0. The van der Waals surface area contributed by atoms with Crippen molar-refractivity contribution in [3.05, 3.63) is 0 Å². The molecule has 0 aliphatic heterocycles. The highest BCUT2D eigenvalue weighted by atomic mass is 16.5. The van der Waals surface area contributed by atoms with E-state index < -0.39 is 0 Å². The van der Waals surface area contributed by atoms with Crippen LogP contribution in [-0.2, 0) is 14.3 Å². The zero-order valence-corrected chi connectivity index (χ0v) is 13.0. The maximum absolute atomic E-state index is 12.0. The van der Waals surface area contributed by atoms with Gasteiger partial charge in [0, 0.05) is 12.6 Å². The van der Waals surface area contributed by atoms with E-state index in [1.165, 1.54) is 20.0 Å². The fourth-order valence-corrected chi connectivity index (χ4v) is 2.55. The highest BCUT2D eigenvalue weighted by molar-refractivity contribution is 5.79. The molecule has 0 unspecified atom stereocenters. The van der Waals surface area contributed by atoms with Crippen LogP contribution >= 0.6 is 0 Å². The molecule has 1 aliphatic rings. The first-order chi connectivity index (χ1) is 9.52. The molecule has 1 saturated carbocycles. The van der Waals surface area contributed by atoms with Gasteiger partial charge in [-0.25, -0.2) is 0 Å². The third kappa shape index (κ3) is 6.37. The topological polar surface area (TPSA) is 58.6 Å². The Morgan fingerprint density at radius 1 is 1.25 bits per heavy atom. The van der Waals surface area contributed by atoms with Gasteiger partial charge in [-0.15, -0.1) is 0 Å². The average Bonchev–Trinajstić information content (AvgIpc) is 2.91. The van der Waals surface area contributed by atoms with Crippen LogP contribution in [0.1, 0.15) is 46.0 Å². The van der Waals surface area contributed by atoms with E-state index in [4.69, 9.17) is 4.74 Å². The van der Waals surface area contributed by atoms with Crippen molar-refractivity contribution in [2.75, 3.05) is 26.7 Å². The standard InChI is InChI=1S/C15H28N2O3/c1-12(2)8-9-16-14(18)10-17(11-15(19)20-3)13-6-4-5-7-13/h12-13H,4-11H2,1-3H3,(H,16,18). The average molecular weight is 284 g/mol. The molecular formula is C15H28N2O3. The Hall–Kier alpha value is -1.10. The van der Waals surface area contributed by atoms with Crippen LogP contribution in [0, 0.1) is 5.92 Å². The Bertz CT molecular complexity index is 312. The van der Waals surface area contributed by atoms with Gasteiger partial charge < -0.3 is 10.1 Å². The van der Waals surface area contributed by atoms with Gasteiger partial charge in [-0.05, 0) is 25.2 Å². The van der Waals surface area contributed by atoms with Crippen LogP contribution in [0.25, 0.3) is 0 Å². The van der Waals surface area contributed by atoms with Crippen LogP contribution in [-0.4, -0.2) is 49.6 Å². The quantitative estimate of drug-likeness (QED) is 0.687. The molecule has 0 radical (unpaired) electrons. The molecule has 1 amide bonds. The van der Waals surface area contributed by atoms with Gasteiger partial charge in [0.2, 0.25) is 5.91 Å². The Kier molecular flexibility index (Phi) is 7.59. The lowest BCUT2D eigenvalue weighted by molar-refractivity contribution is -0.143. The minimum absolute atomic E-state index is 0.00135. The number of methoxy groups -OCH3 is 1. The first kappa shape index (κ1) is 17.0. The summed E-state index contributed by atoms with van der Waals surface area (Å²) in [6, 6.07) is 0.338. The van der Waals surface area contributed by atoms with E-state index in [0.29, 0.717) is 18.5 Å². The third-order valence-corrected chi connectivity index (χ3v) is 3.79. The molecule has 1 fully saturated rings. The lowest BCUT2D eigenvalue weighted by Crippen LogP contribution is -2.45. The van der Waals surface area contributed by atoms with Crippen LogP contribution in [0.2, 0.25) is 0 Å². The number of carbonyl (C=O) groups is 2. The molecule has 116 valence electrons. The lowest BCUT2D eigenvalue weighted by Gasteiger charge is -2.26. The monoisotopic (exact) mass is 284 g/mol. The number of nitrogens with one attached hydrogen (secondary N) is 1. The van der Waals surface area contributed by atoms with Gasteiger partial charge in [0.15, 0.2) is 0 Å². The molecule has 0 spiro atoms. The lowest BCUT2D eigenvalue weighted by atomic mass is 10.1. The number of rotatable bonds is 8. The van der Waals surface area contributed by atoms with E-state index in [9.17, 15) is 9.59 Å². The van der Waals surface area contributed by atoms with Gasteiger partial charge in [0.25, 0.3) is 0 Å². The number of carbonyl (C=O) groups excluding carboxylic acids is 2. The number of amides is 1. The Morgan fingerprint density at radius 3 is 2.45 bits per heavy atom. The molecule has 0 atom stereocenters. The van der Waals surface area contributed by atoms with Crippen molar-refractivity contribution in [1.29, 1.82) is 0 Å². The normalized spacial score (nSPS) is 15.8. The van der Waals surface area contributed by atoms with Crippen molar-refractivity contribution in [3.63, 3.8) is 0 Å². The van der Waals surface area contributed by atoms with Gasteiger partial charge in [0.05, 0.1) is 20.2 Å². The largest absolute Gasteiger partial charge is 0.468 e. The van der Waals surface area contributed by atoms with E-state index in [2.05, 4.69) is 19.2 Å². The molecule has 5 nitrogen and oxygen atoms in total. The van der Waals surface area contributed by atoms with E-state index >= 15 is 0 Å². The van der Waals surface area contributed by atoms with Crippen molar-refractivity contribution in [1.82, 2.24) is 10.2 Å². The van der Waals surface area contributed by atoms with Gasteiger partial charge in [-0.1, -0.05) is 26.7 Å². The summed E-state index contributed by atoms with van der Waals surface area (Å²) in [5.41, 5.74) is 0. The number of hydrogen-bond donors (Lipinski definition) is 1. The van der Waals surface area contributed by atoms with Crippen molar-refractivity contribution in [2.45, 2.75) is 52.0 Å². The maximum Gasteiger partial charge on any atom is 0.319 e. The van der Waals surface area contributed by atoms with Gasteiger partial charge >= 0.3 is 5.97 Å². The molecule has 0 bridgehead atoms. The van der Waals surface area contributed by atoms with E-state index in [1.54, 1.807) is 0 Å². The fourth-order valence-electron chi connectivity index (χ4n) is 2.55. The summed E-state index contributed by atoms with van der Waals surface area (Å²) < 4.78 is 4.72. The van der Waals surface area contributed by atoms with E-state index in [-0.39, 0.29) is 25.0 Å². The van der Waals surface area contributed by atoms with Crippen LogP contribution in [0.15, 0.2) is 0 Å². The molecule has 0 aromatic rings. The SMILES string of the molecule is COC(=O)CN(CC(=O)NCCC(C)C)C1CCCC1. The van der Waals surface area contributed by atoms with Gasteiger partial charge in [-0.3, -0.25) is 14.5 Å². The van der Waals surface area contributed by atoms with Crippen LogP contribution < -0.4 is 5.32 Å². The molecule has 1 rings (SSSR count). The van der Waals surface area contributed by atoms with Gasteiger partial charge in [0.1, 0.15) is 0 Å². The van der Waals surface area contributed by atoms with Crippen LogP contribution in [0.4, 0.5) is 0 Å². The smallest absolute Gasteiger partial charge is 0.319 e. The van der Waals surface area contributed by atoms with Crippen LogP contribution in [0.3, 0.4) is 0 Å². The Balaban J connectivity index is 2.42. The summed E-state index contributed by atoms with van der Waals surface area (Å²) >= 11 is 0. The molecule has 0 saturated heterocycles. The number of ether oxygens (including phenoxy) is 1. The Labute approximate surface area is 122 Å². The minimum atomic E-state index is -0.271. The molecule has 5 heteroatoms. The van der Waals surface area contributed by atoms with E-state index in [0.717, 1.165) is 19.3 Å². The van der Waals surface area contributed by atoms with Crippen molar-refractivity contribution in [3.8, 4) is 0 Å². The molecule has 1 aliphatic carbocycles. The summed E-state index contributed by atoms with van der Waals surface area (Å²) in [4.78, 5) is 25.4. The second kappa shape index (κ2) is 8.95. The Morgan fingerprint density at radius 2 is 1.90 bits per heavy atom. The van der Waals surface area contributed by atoms with Crippen molar-refractivity contribution >= 4 is 11.9 Å². The van der Waals surface area contributed by atoms with Crippen molar-refractivity contribution < 1.29 is 14.3 Å². The third-order valence-electron chi connectivity index (χ3n) is 3.79. The second-order valence-electron chi connectivity index (χ2n) is 5.95. The first-order valence-corrected chi connectivity index (χ1v) is 7.60. The summed E-state index contributed by atoms with van der Waals surface area (Å²) in [5.74, 6) is 0.310. The molecule has 1 N–H and O–H groups in total. The summed E-state index contributed by atoms with van der Waals surface area (Å²) in [5, 5.41) is 2.93. The van der Waals surface area contributed by atoms with Crippen LogP contribution in [0.5, 0.6) is 0 Å². The van der Waals surface area contributed by atoms with E-state index in [1.807, 2.05) is 4.90 Å². The highest BCUT2D eigenvalue weighted by Gasteiger charge is 2.26. The summed E-state index contributed by atoms with van der Waals surface area (Å²) in [6.07, 6.45) is 5.47. The molecule has 0 heterocycles. The first-order valence-electron chi connectivity index (χ1n) is 7.60. The minimum Gasteiger partial charge on any atom is -0.468 e. The zero-order valence-electron chi connectivity index (χ0n) is 13.0. The highest BCUT2D eigenvalue weighted by Crippen LogP contribution is 2.23. The number of esters is 1. The number of nitrogens with zero attached hydrogens (tertiary/aromatic N) is 1. The second-order valence-corrected chi connectivity index (χ2v) is 5.95. The fraction of sp³-hybridized carbons (Fsp3) is 0.867. The summed E-state index contributed by atoms with van der Waals surface area (Å²) in [7, 11) is 1.39. The number of hydrogen-bond acceptors (Lipinski definition) is 4. The van der Waals surface area contributed by atoms with Gasteiger partial charge in [-0.2, -0.15) is 0 Å². The molecule has 0 aromatic carbocycles. The molecule has 20 heavy (non-hydrogen) atoms. The molecule has 0 aromatic heterocycles.